The van der Waals surface area contributed by atoms with E-state index in [1.54, 1.807) is 0 Å². The van der Waals surface area contributed by atoms with Gasteiger partial charge in [-0.2, -0.15) is 0 Å². The Morgan fingerprint density at radius 2 is 1.92 bits per heavy atom. The van der Waals surface area contributed by atoms with Crippen LogP contribution < -0.4 is 5.32 Å². The maximum atomic E-state index is 11.4. The van der Waals surface area contributed by atoms with Gasteiger partial charge in [0.2, 0.25) is 5.91 Å². The van der Waals surface area contributed by atoms with Crippen LogP contribution in [0.1, 0.15) is 39.5 Å². The van der Waals surface area contributed by atoms with Crippen LogP contribution in [0, 0.1) is 0 Å². The van der Waals surface area contributed by atoms with Gasteiger partial charge in [-0.05, 0) is 33.1 Å². The minimum absolute atomic E-state index is 0.120. The third-order valence-corrected chi connectivity index (χ3v) is 2.49. The van der Waals surface area contributed by atoms with Crippen molar-refractivity contribution in [1.29, 1.82) is 0 Å². The van der Waals surface area contributed by atoms with Gasteiger partial charge in [-0.25, -0.2) is 0 Å². The number of rotatable bonds is 0. The Balaban J connectivity index is 2.69. The number of allylic oxidation sites excluding steroid dienone is 1. The SMILES string of the molecule is C/C1=C(\C)C(=O)NCCCCC1. The van der Waals surface area contributed by atoms with Gasteiger partial charge in [0.25, 0.3) is 0 Å². The van der Waals surface area contributed by atoms with Crippen molar-refractivity contribution in [3.05, 3.63) is 11.1 Å². The van der Waals surface area contributed by atoms with Crippen LogP contribution in [0.3, 0.4) is 0 Å². The maximum absolute atomic E-state index is 11.4. The molecule has 0 atom stereocenters. The van der Waals surface area contributed by atoms with Crippen molar-refractivity contribution in [3.63, 3.8) is 0 Å². The second-order valence-electron chi connectivity index (χ2n) is 3.47. The van der Waals surface area contributed by atoms with E-state index >= 15 is 0 Å². The summed E-state index contributed by atoms with van der Waals surface area (Å²) in [6, 6.07) is 0. The van der Waals surface area contributed by atoms with E-state index in [9.17, 15) is 4.79 Å². The van der Waals surface area contributed by atoms with Crippen molar-refractivity contribution in [2.45, 2.75) is 39.5 Å². The minimum Gasteiger partial charge on any atom is -0.352 e. The molecule has 0 aromatic heterocycles. The van der Waals surface area contributed by atoms with Crippen LogP contribution in [0.5, 0.6) is 0 Å². The van der Waals surface area contributed by atoms with Gasteiger partial charge in [0.15, 0.2) is 0 Å². The number of carbonyl (C=O) groups is 1. The normalized spacial score (nSPS) is 27.0. The molecular weight excluding hydrogens is 150 g/mol. The predicted octanol–water partition coefficient (Wildman–Crippen LogP) is 2.01. The Kier molecular flexibility index (Phi) is 3.32. The molecule has 1 amide bonds. The van der Waals surface area contributed by atoms with Gasteiger partial charge in [0.05, 0.1) is 0 Å². The molecule has 0 bridgehead atoms. The Hall–Kier alpha value is -0.790. The molecule has 0 radical (unpaired) electrons. The Morgan fingerprint density at radius 1 is 1.17 bits per heavy atom. The lowest BCUT2D eigenvalue weighted by atomic mass is 10.0. The third-order valence-electron chi connectivity index (χ3n) is 2.49. The average Bonchev–Trinajstić information content (AvgIpc) is 2.12. The molecule has 1 rings (SSSR count). The number of carbonyl (C=O) groups excluding carboxylic acids is 1. The summed E-state index contributed by atoms with van der Waals surface area (Å²) in [5.74, 6) is 0.120. The van der Waals surface area contributed by atoms with E-state index in [1.165, 1.54) is 18.4 Å². The monoisotopic (exact) mass is 167 g/mol. The molecule has 0 fully saturated rings. The molecule has 68 valence electrons. The van der Waals surface area contributed by atoms with Gasteiger partial charge in [-0.15, -0.1) is 0 Å². The zero-order chi connectivity index (χ0) is 8.97. The summed E-state index contributed by atoms with van der Waals surface area (Å²) in [6.45, 7) is 4.81. The fraction of sp³-hybridized carbons (Fsp3) is 0.700. The molecule has 0 aromatic carbocycles. The first kappa shape index (κ1) is 9.30. The van der Waals surface area contributed by atoms with Gasteiger partial charge in [-0.3, -0.25) is 4.79 Å². The minimum atomic E-state index is 0.120. The number of hydrogen-bond acceptors (Lipinski definition) is 1. The molecule has 0 aliphatic carbocycles. The maximum Gasteiger partial charge on any atom is 0.246 e. The third kappa shape index (κ3) is 2.36. The van der Waals surface area contributed by atoms with Crippen molar-refractivity contribution in [2.75, 3.05) is 6.54 Å². The highest BCUT2D eigenvalue weighted by atomic mass is 16.1. The lowest BCUT2D eigenvalue weighted by Gasteiger charge is -2.04. The van der Waals surface area contributed by atoms with Crippen LogP contribution >= 0.6 is 0 Å². The molecule has 1 aliphatic heterocycles. The van der Waals surface area contributed by atoms with Crippen LogP contribution in [0.15, 0.2) is 11.1 Å². The van der Waals surface area contributed by atoms with Crippen LogP contribution in [0.4, 0.5) is 0 Å². The van der Waals surface area contributed by atoms with E-state index in [2.05, 4.69) is 12.2 Å². The molecular formula is C10H17NO. The highest BCUT2D eigenvalue weighted by molar-refractivity contribution is 5.93. The van der Waals surface area contributed by atoms with Crippen molar-refractivity contribution in [3.8, 4) is 0 Å². The molecule has 0 aromatic rings. The lowest BCUT2D eigenvalue weighted by molar-refractivity contribution is -0.117. The lowest BCUT2D eigenvalue weighted by Crippen LogP contribution is -2.25. The van der Waals surface area contributed by atoms with Crippen molar-refractivity contribution in [1.82, 2.24) is 5.32 Å². The summed E-state index contributed by atoms with van der Waals surface area (Å²) < 4.78 is 0. The summed E-state index contributed by atoms with van der Waals surface area (Å²) in [4.78, 5) is 11.4. The Labute approximate surface area is 74.0 Å². The number of hydrogen-bond donors (Lipinski definition) is 1. The molecule has 12 heavy (non-hydrogen) atoms. The van der Waals surface area contributed by atoms with Crippen molar-refractivity contribution in [2.24, 2.45) is 0 Å². The molecule has 2 heteroatoms. The second-order valence-corrected chi connectivity index (χ2v) is 3.47. The first-order chi connectivity index (χ1) is 5.72. The first-order valence-electron chi connectivity index (χ1n) is 4.66. The van der Waals surface area contributed by atoms with E-state index in [1.807, 2.05) is 6.92 Å². The van der Waals surface area contributed by atoms with E-state index in [0.29, 0.717) is 0 Å². The predicted molar refractivity (Wildman–Crippen MR) is 49.9 cm³/mol. The zero-order valence-corrected chi connectivity index (χ0v) is 7.94. The van der Waals surface area contributed by atoms with Gasteiger partial charge in [0, 0.05) is 12.1 Å². The fourth-order valence-electron chi connectivity index (χ4n) is 1.41. The summed E-state index contributed by atoms with van der Waals surface area (Å²) in [7, 11) is 0. The Morgan fingerprint density at radius 3 is 2.67 bits per heavy atom. The number of amides is 1. The van der Waals surface area contributed by atoms with E-state index in [4.69, 9.17) is 0 Å². The van der Waals surface area contributed by atoms with E-state index < -0.39 is 0 Å². The molecule has 0 saturated heterocycles. The van der Waals surface area contributed by atoms with Gasteiger partial charge >= 0.3 is 0 Å². The molecule has 0 spiro atoms. The topological polar surface area (TPSA) is 29.1 Å². The summed E-state index contributed by atoms with van der Waals surface area (Å²) in [5.41, 5.74) is 2.16. The fourth-order valence-corrected chi connectivity index (χ4v) is 1.41. The Bertz CT molecular complexity index is 206. The second kappa shape index (κ2) is 4.29. The van der Waals surface area contributed by atoms with Gasteiger partial charge in [0.1, 0.15) is 0 Å². The van der Waals surface area contributed by atoms with Crippen LogP contribution in [-0.4, -0.2) is 12.5 Å². The largest absolute Gasteiger partial charge is 0.352 e. The molecule has 0 unspecified atom stereocenters. The smallest absolute Gasteiger partial charge is 0.246 e. The van der Waals surface area contributed by atoms with Gasteiger partial charge in [-0.1, -0.05) is 12.0 Å². The number of nitrogens with one attached hydrogen (secondary N) is 1. The van der Waals surface area contributed by atoms with Gasteiger partial charge < -0.3 is 5.32 Å². The molecule has 2 nitrogen and oxygen atoms in total. The average molecular weight is 167 g/mol. The highest BCUT2D eigenvalue weighted by Gasteiger charge is 2.08. The van der Waals surface area contributed by atoms with E-state index in [-0.39, 0.29) is 5.91 Å². The standard InChI is InChI=1S/C10H17NO/c1-8-6-4-3-5-7-11-10(12)9(8)2/h3-7H2,1-2H3,(H,11,12)/b9-8-. The summed E-state index contributed by atoms with van der Waals surface area (Å²) >= 11 is 0. The summed E-state index contributed by atoms with van der Waals surface area (Å²) in [6.07, 6.45) is 4.65. The van der Waals surface area contributed by atoms with Crippen LogP contribution in [0.25, 0.3) is 0 Å². The highest BCUT2D eigenvalue weighted by Crippen LogP contribution is 2.14. The van der Waals surface area contributed by atoms with Crippen molar-refractivity contribution < 1.29 is 4.79 Å². The first-order valence-corrected chi connectivity index (χ1v) is 4.66. The summed E-state index contributed by atoms with van der Waals surface area (Å²) in [5, 5.41) is 2.91. The van der Waals surface area contributed by atoms with E-state index in [0.717, 1.165) is 25.0 Å². The van der Waals surface area contributed by atoms with Crippen LogP contribution in [-0.2, 0) is 4.79 Å². The zero-order valence-electron chi connectivity index (χ0n) is 7.94. The molecule has 0 saturated carbocycles. The van der Waals surface area contributed by atoms with Crippen molar-refractivity contribution >= 4 is 5.91 Å². The molecule has 1 heterocycles. The quantitative estimate of drug-likeness (QED) is 0.587. The molecule has 1 aliphatic rings. The molecule has 1 N–H and O–H groups in total. The van der Waals surface area contributed by atoms with Crippen LogP contribution in [0.2, 0.25) is 0 Å².